The highest BCUT2D eigenvalue weighted by molar-refractivity contribution is 7.15. The van der Waals surface area contributed by atoms with E-state index in [-0.39, 0.29) is 0 Å². The molecule has 0 unspecified atom stereocenters. The molecule has 14 heavy (non-hydrogen) atoms. The van der Waals surface area contributed by atoms with Crippen molar-refractivity contribution < 1.29 is 0 Å². The van der Waals surface area contributed by atoms with Crippen LogP contribution in [0, 0.1) is 0 Å². The van der Waals surface area contributed by atoms with Gasteiger partial charge in [-0.15, -0.1) is 21.5 Å². The Kier molecular flexibility index (Phi) is 3.18. The van der Waals surface area contributed by atoms with E-state index in [0.717, 1.165) is 28.8 Å². The summed E-state index contributed by atoms with van der Waals surface area (Å²) in [5, 5.41) is 15.3. The second kappa shape index (κ2) is 4.59. The minimum absolute atomic E-state index is 0.790. The first kappa shape index (κ1) is 9.70. The number of nitrogens with one attached hydrogen (secondary N) is 1. The Morgan fingerprint density at radius 3 is 3.07 bits per heavy atom. The van der Waals surface area contributed by atoms with Crippen LogP contribution in [0.1, 0.15) is 11.9 Å². The summed E-state index contributed by atoms with van der Waals surface area (Å²) in [5.74, 6) is 0. The van der Waals surface area contributed by atoms with Gasteiger partial charge in [0.15, 0.2) is 5.01 Å². The molecule has 0 saturated carbocycles. The SMILES string of the molecule is CCNCc1nnc(-c2cscn2)s1. The van der Waals surface area contributed by atoms with Gasteiger partial charge in [0, 0.05) is 11.9 Å². The van der Waals surface area contributed by atoms with Gasteiger partial charge in [0.1, 0.15) is 10.7 Å². The van der Waals surface area contributed by atoms with E-state index in [1.54, 1.807) is 28.2 Å². The standard InChI is InChI=1S/C8H10N4S2/c1-2-9-3-7-11-12-8(14-7)6-4-13-5-10-6/h4-5,9H,2-3H2,1H3. The fraction of sp³-hybridized carbons (Fsp3) is 0.375. The highest BCUT2D eigenvalue weighted by Crippen LogP contribution is 2.22. The zero-order valence-electron chi connectivity index (χ0n) is 7.73. The highest BCUT2D eigenvalue weighted by atomic mass is 32.1. The van der Waals surface area contributed by atoms with E-state index < -0.39 is 0 Å². The normalized spacial score (nSPS) is 10.6. The second-order valence-electron chi connectivity index (χ2n) is 2.65. The van der Waals surface area contributed by atoms with Crippen molar-refractivity contribution in [3.8, 4) is 10.7 Å². The molecule has 0 fully saturated rings. The molecule has 0 spiro atoms. The molecule has 2 aromatic rings. The van der Waals surface area contributed by atoms with Gasteiger partial charge < -0.3 is 5.32 Å². The zero-order chi connectivity index (χ0) is 9.80. The van der Waals surface area contributed by atoms with E-state index >= 15 is 0 Å². The third-order valence-electron chi connectivity index (χ3n) is 1.64. The molecule has 1 N–H and O–H groups in total. The second-order valence-corrected chi connectivity index (χ2v) is 4.44. The van der Waals surface area contributed by atoms with E-state index in [1.807, 2.05) is 5.38 Å². The van der Waals surface area contributed by atoms with E-state index in [1.165, 1.54) is 0 Å². The topological polar surface area (TPSA) is 50.7 Å². The number of hydrogen-bond donors (Lipinski definition) is 1. The smallest absolute Gasteiger partial charge is 0.167 e. The van der Waals surface area contributed by atoms with Crippen molar-refractivity contribution >= 4 is 22.7 Å². The van der Waals surface area contributed by atoms with Gasteiger partial charge in [-0.1, -0.05) is 18.3 Å². The predicted octanol–water partition coefficient (Wildman–Crippen LogP) is 1.77. The summed E-state index contributed by atoms with van der Waals surface area (Å²) in [6.45, 7) is 3.81. The number of nitrogens with zero attached hydrogens (tertiary/aromatic N) is 3. The van der Waals surface area contributed by atoms with Gasteiger partial charge in [0.05, 0.1) is 5.51 Å². The molecule has 0 amide bonds. The van der Waals surface area contributed by atoms with Crippen LogP contribution in [0.15, 0.2) is 10.9 Å². The lowest BCUT2D eigenvalue weighted by molar-refractivity contribution is 0.715. The molecular formula is C8H10N4S2. The summed E-state index contributed by atoms with van der Waals surface area (Å²) in [4.78, 5) is 4.19. The van der Waals surface area contributed by atoms with Gasteiger partial charge in [-0.25, -0.2) is 4.98 Å². The van der Waals surface area contributed by atoms with Crippen molar-refractivity contribution in [2.24, 2.45) is 0 Å². The lowest BCUT2D eigenvalue weighted by Gasteiger charge is -1.93. The number of aromatic nitrogens is 3. The minimum Gasteiger partial charge on any atom is -0.311 e. The summed E-state index contributed by atoms with van der Waals surface area (Å²) in [6, 6.07) is 0. The molecule has 0 aliphatic carbocycles. The van der Waals surface area contributed by atoms with E-state index in [0.29, 0.717) is 0 Å². The van der Waals surface area contributed by atoms with Crippen LogP contribution in [0.3, 0.4) is 0 Å². The van der Waals surface area contributed by atoms with Gasteiger partial charge in [-0.05, 0) is 6.54 Å². The largest absolute Gasteiger partial charge is 0.311 e. The maximum atomic E-state index is 4.19. The lowest BCUT2D eigenvalue weighted by atomic mass is 10.5. The first-order chi connectivity index (χ1) is 6.90. The van der Waals surface area contributed by atoms with E-state index in [2.05, 4.69) is 27.4 Å². The predicted molar refractivity (Wildman–Crippen MR) is 58.4 cm³/mol. The third-order valence-corrected chi connectivity index (χ3v) is 3.18. The number of hydrogen-bond acceptors (Lipinski definition) is 6. The lowest BCUT2D eigenvalue weighted by Crippen LogP contribution is -2.11. The summed E-state index contributed by atoms with van der Waals surface area (Å²) in [5.41, 5.74) is 2.73. The van der Waals surface area contributed by atoms with Gasteiger partial charge in [0.2, 0.25) is 0 Å². The van der Waals surface area contributed by atoms with Crippen molar-refractivity contribution in [3.05, 3.63) is 15.9 Å². The molecule has 0 radical (unpaired) electrons. The average molecular weight is 226 g/mol. The first-order valence-electron chi connectivity index (χ1n) is 4.32. The molecular weight excluding hydrogens is 216 g/mol. The van der Waals surface area contributed by atoms with Crippen LogP contribution in [0.4, 0.5) is 0 Å². The van der Waals surface area contributed by atoms with Crippen molar-refractivity contribution in [1.29, 1.82) is 0 Å². The molecule has 0 atom stereocenters. The highest BCUT2D eigenvalue weighted by Gasteiger charge is 2.07. The number of rotatable bonds is 4. The van der Waals surface area contributed by atoms with Gasteiger partial charge in [-0.3, -0.25) is 0 Å². The molecule has 0 aliphatic heterocycles. The Balaban J connectivity index is 2.10. The van der Waals surface area contributed by atoms with Crippen LogP contribution in [0.25, 0.3) is 10.7 Å². The Bertz CT molecular complexity index is 382. The van der Waals surface area contributed by atoms with Crippen LogP contribution in [0.2, 0.25) is 0 Å². The Morgan fingerprint density at radius 1 is 1.43 bits per heavy atom. The summed E-state index contributed by atoms with van der Waals surface area (Å²) in [7, 11) is 0. The van der Waals surface area contributed by atoms with Crippen LogP contribution in [0.5, 0.6) is 0 Å². The minimum atomic E-state index is 0.790. The molecule has 2 rings (SSSR count). The Hall–Kier alpha value is -0.850. The molecule has 2 heterocycles. The summed E-state index contributed by atoms with van der Waals surface area (Å²) >= 11 is 3.16. The molecule has 2 aromatic heterocycles. The molecule has 6 heteroatoms. The molecule has 0 aromatic carbocycles. The average Bonchev–Trinajstić information content (AvgIpc) is 2.85. The third kappa shape index (κ3) is 2.14. The number of thiazole rings is 1. The van der Waals surface area contributed by atoms with Gasteiger partial charge in [-0.2, -0.15) is 0 Å². The maximum Gasteiger partial charge on any atom is 0.167 e. The first-order valence-corrected chi connectivity index (χ1v) is 6.07. The zero-order valence-corrected chi connectivity index (χ0v) is 9.36. The van der Waals surface area contributed by atoms with Crippen molar-refractivity contribution in [3.63, 3.8) is 0 Å². The summed E-state index contributed by atoms with van der Waals surface area (Å²) < 4.78 is 0. The van der Waals surface area contributed by atoms with E-state index in [9.17, 15) is 0 Å². The molecule has 4 nitrogen and oxygen atoms in total. The molecule has 0 saturated heterocycles. The monoisotopic (exact) mass is 226 g/mol. The Morgan fingerprint density at radius 2 is 2.36 bits per heavy atom. The fourth-order valence-corrected chi connectivity index (χ4v) is 2.37. The van der Waals surface area contributed by atoms with Crippen LogP contribution in [-0.4, -0.2) is 21.7 Å². The van der Waals surface area contributed by atoms with Crippen LogP contribution in [-0.2, 0) is 6.54 Å². The van der Waals surface area contributed by atoms with Crippen molar-refractivity contribution in [2.45, 2.75) is 13.5 Å². The quantitative estimate of drug-likeness (QED) is 0.863. The van der Waals surface area contributed by atoms with Crippen molar-refractivity contribution in [1.82, 2.24) is 20.5 Å². The Labute approximate surface area is 90.0 Å². The maximum absolute atomic E-state index is 4.19. The molecule has 0 aliphatic rings. The fourth-order valence-electron chi connectivity index (χ4n) is 0.979. The van der Waals surface area contributed by atoms with E-state index in [4.69, 9.17) is 0 Å². The van der Waals surface area contributed by atoms with Gasteiger partial charge >= 0.3 is 0 Å². The summed E-state index contributed by atoms with van der Waals surface area (Å²) in [6.07, 6.45) is 0. The molecule has 0 bridgehead atoms. The van der Waals surface area contributed by atoms with Crippen LogP contribution >= 0.6 is 22.7 Å². The van der Waals surface area contributed by atoms with Gasteiger partial charge in [0.25, 0.3) is 0 Å². The van der Waals surface area contributed by atoms with Crippen molar-refractivity contribution in [2.75, 3.05) is 6.54 Å². The molecule has 74 valence electrons. The van der Waals surface area contributed by atoms with Crippen LogP contribution < -0.4 is 5.32 Å².